The summed E-state index contributed by atoms with van der Waals surface area (Å²) in [7, 11) is 0. The molecule has 0 amide bonds. The minimum Gasteiger partial charge on any atom is -0.313 e. The molecular formula is C11H20N2. The molecule has 1 N–H and O–H groups in total. The van der Waals surface area contributed by atoms with E-state index in [2.05, 4.69) is 18.3 Å². The van der Waals surface area contributed by atoms with Gasteiger partial charge in [0.15, 0.2) is 0 Å². The molecule has 1 aliphatic rings. The molecule has 0 aromatic rings. The Hall–Kier alpha value is -0.550. The molecule has 0 heterocycles. The van der Waals surface area contributed by atoms with Crippen LogP contribution in [-0.2, 0) is 0 Å². The first-order valence-corrected chi connectivity index (χ1v) is 5.47. The molecule has 0 bridgehead atoms. The third kappa shape index (κ3) is 4.90. The fourth-order valence-electron chi connectivity index (χ4n) is 1.57. The van der Waals surface area contributed by atoms with Gasteiger partial charge in [-0.2, -0.15) is 5.26 Å². The van der Waals surface area contributed by atoms with E-state index >= 15 is 0 Å². The van der Waals surface area contributed by atoms with Crippen molar-refractivity contribution < 1.29 is 0 Å². The van der Waals surface area contributed by atoms with Gasteiger partial charge in [-0.1, -0.05) is 19.8 Å². The van der Waals surface area contributed by atoms with Crippen molar-refractivity contribution in [1.29, 1.82) is 5.26 Å². The monoisotopic (exact) mass is 180 g/mol. The highest BCUT2D eigenvalue weighted by molar-refractivity contribution is 4.80. The number of nitrogens with one attached hydrogen (secondary N) is 1. The zero-order valence-corrected chi connectivity index (χ0v) is 8.55. The van der Waals surface area contributed by atoms with Gasteiger partial charge in [0.1, 0.15) is 0 Å². The van der Waals surface area contributed by atoms with E-state index < -0.39 is 0 Å². The summed E-state index contributed by atoms with van der Waals surface area (Å²) < 4.78 is 0. The Morgan fingerprint density at radius 3 is 2.85 bits per heavy atom. The lowest BCUT2D eigenvalue weighted by atomic mass is 10.1. The minimum absolute atomic E-state index is 0.421. The number of hydrogen-bond donors (Lipinski definition) is 1. The lowest BCUT2D eigenvalue weighted by Gasteiger charge is -2.12. The molecule has 1 rings (SSSR count). The SMILES string of the molecule is CCC(CC#N)NCCCC1CC1. The molecule has 0 spiro atoms. The van der Waals surface area contributed by atoms with Crippen molar-refractivity contribution >= 4 is 0 Å². The first-order valence-electron chi connectivity index (χ1n) is 5.47. The van der Waals surface area contributed by atoms with Gasteiger partial charge >= 0.3 is 0 Å². The Bertz CT molecular complexity index is 167. The molecule has 13 heavy (non-hydrogen) atoms. The molecule has 0 aromatic carbocycles. The van der Waals surface area contributed by atoms with Crippen LogP contribution >= 0.6 is 0 Å². The number of nitriles is 1. The second-order valence-electron chi connectivity index (χ2n) is 4.01. The van der Waals surface area contributed by atoms with Crippen molar-refractivity contribution in [2.75, 3.05) is 6.54 Å². The summed E-state index contributed by atoms with van der Waals surface area (Å²) in [5.74, 6) is 1.04. The Balaban J connectivity index is 1.92. The fraction of sp³-hybridized carbons (Fsp3) is 0.909. The Labute approximate surface area is 81.3 Å². The number of nitrogens with zero attached hydrogens (tertiary/aromatic N) is 1. The summed E-state index contributed by atoms with van der Waals surface area (Å²) in [5, 5.41) is 12.0. The Morgan fingerprint density at radius 1 is 1.54 bits per heavy atom. The summed E-state index contributed by atoms with van der Waals surface area (Å²) in [4.78, 5) is 0. The van der Waals surface area contributed by atoms with Gasteiger partial charge in [0.2, 0.25) is 0 Å². The average Bonchev–Trinajstić information content (AvgIpc) is 2.94. The van der Waals surface area contributed by atoms with Gasteiger partial charge < -0.3 is 5.32 Å². The molecule has 1 saturated carbocycles. The third-order valence-corrected chi connectivity index (χ3v) is 2.75. The molecule has 74 valence electrons. The van der Waals surface area contributed by atoms with Crippen LogP contribution in [0.5, 0.6) is 0 Å². The van der Waals surface area contributed by atoms with Crippen LogP contribution in [0.15, 0.2) is 0 Å². The topological polar surface area (TPSA) is 35.8 Å². The van der Waals surface area contributed by atoms with Crippen LogP contribution in [0.2, 0.25) is 0 Å². The first-order chi connectivity index (χ1) is 6.36. The van der Waals surface area contributed by atoms with Gasteiger partial charge in [-0.25, -0.2) is 0 Å². The summed E-state index contributed by atoms with van der Waals surface area (Å²) in [6.45, 7) is 3.23. The molecule has 0 radical (unpaired) electrons. The molecule has 1 atom stereocenters. The first kappa shape index (κ1) is 10.5. The molecule has 1 unspecified atom stereocenters. The van der Waals surface area contributed by atoms with Crippen LogP contribution in [-0.4, -0.2) is 12.6 Å². The second-order valence-corrected chi connectivity index (χ2v) is 4.01. The maximum Gasteiger partial charge on any atom is 0.0638 e. The van der Waals surface area contributed by atoms with E-state index in [0.29, 0.717) is 12.5 Å². The van der Waals surface area contributed by atoms with E-state index in [9.17, 15) is 0 Å². The van der Waals surface area contributed by atoms with E-state index in [1.807, 2.05) is 0 Å². The molecule has 0 aromatic heterocycles. The van der Waals surface area contributed by atoms with E-state index in [-0.39, 0.29) is 0 Å². The van der Waals surface area contributed by atoms with Crippen molar-refractivity contribution in [3.05, 3.63) is 0 Å². The van der Waals surface area contributed by atoms with E-state index in [1.165, 1.54) is 25.7 Å². The van der Waals surface area contributed by atoms with Gasteiger partial charge in [0, 0.05) is 6.04 Å². The zero-order chi connectivity index (χ0) is 9.52. The quantitative estimate of drug-likeness (QED) is 0.611. The molecule has 2 nitrogen and oxygen atoms in total. The van der Waals surface area contributed by atoms with E-state index in [4.69, 9.17) is 5.26 Å². The third-order valence-electron chi connectivity index (χ3n) is 2.75. The molecule has 0 aliphatic heterocycles. The van der Waals surface area contributed by atoms with Crippen LogP contribution in [0.1, 0.15) is 45.4 Å². The lowest BCUT2D eigenvalue weighted by Crippen LogP contribution is -2.28. The Kier molecular flexibility index (Phi) is 4.85. The predicted octanol–water partition coefficient (Wildman–Crippen LogP) is 2.46. The highest BCUT2D eigenvalue weighted by atomic mass is 14.9. The number of rotatable bonds is 7. The van der Waals surface area contributed by atoms with Gasteiger partial charge in [0.25, 0.3) is 0 Å². The molecule has 0 saturated heterocycles. The molecule has 2 heteroatoms. The van der Waals surface area contributed by atoms with Crippen molar-refractivity contribution in [3.63, 3.8) is 0 Å². The molecular weight excluding hydrogens is 160 g/mol. The standard InChI is InChI=1S/C11H20N2/c1-2-11(7-8-12)13-9-3-4-10-5-6-10/h10-11,13H,2-7,9H2,1H3. The highest BCUT2D eigenvalue weighted by Crippen LogP contribution is 2.33. The summed E-state index contributed by atoms with van der Waals surface area (Å²) in [6.07, 6.45) is 7.30. The van der Waals surface area contributed by atoms with Gasteiger partial charge in [-0.05, 0) is 31.7 Å². The predicted molar refractivity (Wildman–Crippen MR) is 54.3 cm³/mol. The second kappa shape index (κ2) is 5.99. The van der Waals surface area contributed by atoms with Crippen molar-refractivity contribution in [3.8, 4) is 6.07 Å². The van der Waals surface area contributed by atoms with E-state index in [1.54, 1.807) is 0 Å². The van der Waals surface area contributed by atoms with Crippen molar-refractivity contribution in [2.24, 2.45) is 5.92 Å². The maximum atomic E-state index is 8.53. The fourth-order valence-corrected chi connectivity index (χ4v) is 1.57. The summed E-state index contributed by atoms with van der Waals surface area (Å²) in [6, 6.07) is 2.64. The van der Waals surface area contributed by atoms with Gasteiger partial charge in [-0.3, -0.25) is 0 Å². The largest absolute Gasteiger partial charge is 0.313 e. The summed E-state index contributed by atoms with van der Waals surface area (Å²) >= 11 is 0. The lowest BCUT2D eigenvalue weighted by molar-refractivity contribution is 0.485. The molecule has 1 fully saturated rings. The average molecular weight is 180 g/mol. The Morgan fingerprint density at radius 2 is 2.31 bits per heavy atom. The zero-order valence-electron chi connectivity index (χ0n) is 8.55. The minimum atomic E-state index is 0.421. The maximum absolute atomic E-state index is 8.53. The summed E-state index contributed by atoms with van der Waals surface area (Å²) in [5.41, 5.74) is 0. The highest BCUT2D eigenvalue weighted by Gasteiger charge is 2.20. The van der Waals surface area contributed by atoms with Crippen LogP contribution < -0.4 is 5.32 Å². The van der Waals surface area contributed by atoms with Crippen LogP contribution in [0, 0.1) is 17.2 Å². The smallest absolute Gasteiger partial charge is 0.0638 e. The van der Waals surface area contributed by atoms with Crippen LogP contribution in [0.4, 0.5) is 0 Å². The van der Waals surface area contributed by atoms with Crippen LogP contribution in [0.3, 0.4) is 0 Å². The van der Waals surface area contributed by atoms with E-state index in [0.717, 1.165) is 18.9 Å². The van der Waals surface area contributed by atoms with Gasteiger partial charge in [-0.15, -0.1) is 0 Å². The van der Waals surface area contributed by atoms with Crippen molar-refractivity contribution in [2.45, 2.75) is 51.5 Å². The molecule has 1 aliphatic carbocycles. The van der Waals surface area contributed by atoms with Gasteiger partial charge in [0.05, 0.1) is 12.5 Å². The normalized spacial score (nSPS) is 18.2. The van der Waals surface area contributed by atoms with Crippen LogP contribution in [0.25, 0.3) is 0 Å². The van der Waals surface area contributed by atoms with Crippen molar-refractivity contribution in [1.82, 2.24) is 5.32 Å². The number of hydrogen-bond acceptors (Lipinski definition) is 2.